The molecule has 1 aliphatic carbocycles. The summed E-state index contributed by atoms with van der Waals surface area (Å²) >= 11 is 0. The van der Waals surface area contributed by atoms with Crippen molar-refractivity contribution in [3.05, 3.63) is 46.0 Å². The predicted octanol–water partition coefficient (Wildman–Crippen LogP) is 3.25. The van der Waals surface area contributed by atoms with Crippen LogP contribution in [0.15, 0.2) is 29.2 Å². The van der Waals surface area contributed by atoms with E-state index in [2.05, 4.69) is 15.0 Å². The topological polar surface area (TPSA) is 79.0 Å². The largest absolute Gasteiger partial charge is 0.339 e. The summed E-state index contributed by atoms with van der Waals surface area (Å²) in [6.45, 7) is 2.61. The van der Waals surface area contributed by atoms with Crippen molar-refractivity contribution in [2.45, 2.75) is 64.3 Å². The molecule has 6 heteroatoms. The number of H-pyrrole nitrogens is 1. The molecule has 1 N–H and O–H groups in total. The summed E-state index contributed by atoms with van der Waals surface area (Å²) in [6.07, 6.45) is 10.3. The molecule has 4 rings (SSSR count). The van der Waals surface area contributed by atoms with E-state index in [1.165, 1.54) is 32.1 Å². The summed E-state index contributed by atoms with van der Waals surface area (Å²) in [4.78, 5) is 39.3. The predicted molar refractivity (Wildman–Crippen MR) is 108 cm³/mol. The number of nitrogens with one attached hydrogen (secondary N) is 1. The quantitative estimate of drug-likeness (QED) is 0.883. The molecule has 2 fully saturated rings. The first-order valence-electron chi connectivity index (χ1n) is 10.4. The first-order valence-corrected chi connectivity index (χ1v) is 10.4. The van der Waals surface area contributed by atoms with E-state index in [1.54, 1.807) is 13.1 Å². The smallest absolute Gasteiger partial charge is 0.255 e. The van der Waals surface area contributed by atoms with Crippen LogP contribution in [0, 0.1) is 12.8 Å². The number of likely N-dealkylation sites (tertiary alicyclic amines) is 1. The molecule has 1 aliphatic heterocycles. The molecular weight excluding hydrogens is 352 g/mol. The molecule has 6 nitrogen and oxygen atoms in total. The van der Waals surface area contributed by atoms with Crippen molar-refractivity contribution in [2.24, 2.45) is 5.92 Å². The van der Waals surface area contributed by atoms with Gasteiger partial charge in [0.15, 0.2) is 5.82 Å². The summed E-state index contributed by atoms with van der Waals surface area (Å²) in [5.41, 5.74) is 1.46. The van der Waals surface area contributed by atoms with E-state index < -0.39 is 0 Å². The van der Waals surface area contributed by atoms with Crippen LogP contribution in [-0.4, -0.2) is 38.3 Å². The lowest BCUT2D eigenvalue weighted by atomic mass is 9.83. The summed E-state index contributed by atoms with van der Waals surface area (Å²) in [5.74, 6) is 1.14. The minimum atomic E-state index is -0.241. The Morgan fingerprint density at radius 1 is 1.18 bits per heavy atom. The third kappa shape index (κ3) is 3.86. The number of carbonyl (C=O) groups is 1. The van der Waals surface area contributed by atoms with E-state index in [0.717, 1.165) is 19.4 Å². The lowest BCUT2D eigenvalue weighted by molar-refractivity contribution is -0.132. The van der Waals surface area contributed by atoms with E-state index in [9.17, 15) is 9.59 Å². The maximum atomic E-state index is 13.1. The summed E-state index contributed by atoms with van der Waals surface area (Å²) < 4.78 is 0. The van der Waals surface area contributed by atoms with Crippen molar-refractivity contribution in [3.8, 4) is 11.5 Å². The van der Waals surface area contributed by atoms with E-state index >= 15 is 0 Å². The summed E-state index contributed by atoms with van der Waals surface area (Å²) in [7, 11) is 0. The number of carbonyl (C=O) groups excluding carboxylic acids is 1. The highest BCUT2D eigenvalue weighted by Gasteiger charge is 2.35. The maximum Gasteiger partial charge on any atom is 0.255 e. The Bertz CT molecular complexity index is 887. The Kier molecular flexibility index (Phi) is 5.55. The third-order valence-corrected chi connectivity index (χ3v) is 6.27. The van der Waals surface area contributed by atoms with E-state index in [0.29, 0.717) is 34.7 Å². The van der Waals surface area contributed by atoms with Crippen molar-refractivity contribution in [2.75, 3.05) is 6.54 Å². The molecule has 1 atom stereocenters. The van der Waals surface area contributed by atoms with Gasteiger partial charge in [-0.25, -0.2) is 4.98 Å². The Balaban J connectivity index is 1.52. The molecular formula is C22H28N4O2. The molecule has 0 aromatic carbocycles. The van der Waals surface area contributed by atoms with Crippen LogP contribution in [0.5, 0.6) is 0 Å². The van der Waals surface area contributed by atoms with Crippen LogP contribution in [0.4, 0.5) is 0 Å². The normalized spacial score (nSPS) is 20.5. The molecule has 2 aliphatic rings. The molecule has 0 bridgehead atoms. The molecule has 1 amide bonds. The average Bonchev–Trinajstić information content (AvgIpc) is 3.22. The second-order valence-electron chi connectivity index (χ2n) is 8.07. The number of nitrogens with zero attached hydrogens (tertiary/aromatic N) is 3. The average molecular weight is 380 g/mol. The fourth-order valence-electron chi connectivity index (χ4n) is 4.81. The Labute approximate surface area is 165 Å². The number of aromatic amines is 1. The van der Waals surface area contributed by atoms with Crippen LogP contribution in [0.2, 0.25) is 0 Å². The molecule has 28 heavy (non-hydrogen) atoms. The highest BCUT2D eigenvalue weighted by atomic mass is 16.2. The van der Waals surface area contributed by atoms with Crippen LogP contribution in [-0.2, 0) is 11.2 Å². The third-order valence-electron chi connectivity index (χ3n) is 6.27. The van der Waals surface area contributed by atoms with Crippen molar-refractivity contribution < 1.29 is 4.79 Å². The molecule has 1 saturated heterocycles. The molecule has 1 unspecified atom stereocenters. The molecule has 0 radical (unpaired) electrons. The highest BCUT2D eigenvalue weighted by molar-refractivity contribution is 5.79. The standard InChI is InChI=1S/C22H28N4O2/c1-15-17(22(28)25-21(24-15)18-10-5-6-12-23-18)14-20(27)26-13-7-11-19(26)16-8-3-2-4-9-16/h5-6,10,12,16,19H,2-4,7-9,11,13-14H2,1H3,(H,24,25,28). The first kappa shape index (κ1) is 18.8. The number of amides is 1. The van der Waals surface area contributed by atoms with Gasteiger partial charge in [0, 0.05) is 30.0 Å². The second-order valence-corrected chi connectivity index (χ2v) is 8.07. The Hall–Kier alpha value is -2.50. The van der Waals surface area contributed by atoms with E-state index in [4.69, 9.17) is 0 Å². The number of rotatable bonds is 4. The minimum Gasteiger partial charge on any atom is -0.339 e. The molecule has 0 spiro atoms. The number of hydrogen-bond donors (Lipinski definition) is 1. The molecule has 2 aromatic rings. The molecule has 148 valence electrons. The van der Waals surface area contributed by atoms with Gasteiger partial charge in [0.05, 0.1) is 6.42 Å². The fourth-order valence-corrected chi connectivity index (χ4v) is 4.81. The van der Waals surface area contributed by atoms with Crippen LogP contribution in [0.3, 0.4) is 0 Å². The minimum absolute atomic E-state index is 0.0639. The van der Waals surface area contributed by atoms with Gasteiger partial charge >= 0.3 is 0 Å². The number of hydrogen-bond acceptors (Lipinski definition) is 4. The van der Waals surface area contributed by atoms with Crippen molar-refractivity contribution >= 4 is 5.91 Å². The van der Waals surface area contributed by atoms with E-state index in [-0.39, 0.29) is 17.9 Å². The SMILES string of the molecule is Cc1nc(-c2ccccn2)[nH]c(=O)c1CC(=O)N1CCCC1C1CCCCC1. The van der Waals surface area contributed by atoms with Crippen molar-refractivity contribution in [1.82, 2.24) is 19.9 Å². The van der Waals surface area contributed by atoms with Gasteiger partial charge in [-0.15, -0.1) is 0 Å². The van der Waals surface area contributed by atoms with Crippen molar-refractivity contribution in [1.29, 1.82) is 0 Å². The van der Waals surface area contributed by atoms with Gasteiger partial charge in [-0.05, 0) is 50.7 Å². The lowest BCUT2D eigenvalue weighted by Crippen LogP contribution is -2.42. The number of aryl methyl sites for hydroxylation is 1. The second kappa shape index (κ2) is 8.25. The van der Waals surface area contributed by atoms with Crippen LogP contribution in [0.1, 0.15) is 56.2 Å². The Morgan fingerprint density at radius 2 is 2.00 bits per heavy atom. The lowest BCUT2D eigenvalue weighted by Gasteiger charge is -2.34. The van der Waals surface area contributed by atoms with Crippen LogP contribution in [0.25, 0.3) is 11.5 Å². The van der Waals surface area contributed by atoms with Gasteiger partial charge in [-0.1, -0.05) is 25.3 Å². The molecule has 1 saturated carbocycles. The van der Waals surface area contributed by atoms with Gasteiger partial charge < -0.3 is 9.88 Å². The fraction of sp³-hybridized carbons (Fsp3) is 0.545. The zero-order chi connectivity index (χ0) is 19.5. The van der Waals surface area contributed by atoms with Gasteiger partial charge in [-0.2, -0.15) is 0 Å². The number of pyridine rings is 1. The molecule has 3 heterocycles. The number of aromatic nitrogens is 3. The first-order chi connectivity index (χ1) is 13.6. The zero-order valence-corrected chi connectivity index (χ0v) is 16.5. The van der Waals surface area contributed by atoms with Crippen LogP contribution < -0.4 is 5.56 Å². The highest BCUT2D eigenvalue weighted by Crippen LogP contribution is 2.34. The van der Waals surface area contributed by atoms with Gasteiger partial charge in [0.1, 0.15) is 5.69 Å². The van der Waals surface area contributed by atoms with Crippen molar-refractivity contribution in [3.63, 3.8) is 0 Å². The zero-order valence-electron chi connectivity index (χ0n) is 16.5. The maximum absolute atomic E-state index is 13.1. The monoisotopic (exact) mass is 380 g/mol. The van der Waals surface area contributed by atoms with Crippen LogP contribution >= 0.6 is 0 Å². The van der Waals surface area contributed by atoms with Gasteiger partial charge in [-0.3, -0.25) is 14.6 Å². The summed E-state index contributed by atoms with van der Waals surface area (Å²) in [5, 5.41) is 0. The van der Waals surface area contributed by atoms with Gasteiger partial charge in [0.25, 0.3) is 5.56 Å². The molecule has 2 aromatic heterocycles. The Morgan fingerprint density at radius 3 is 2.71 bits per heavy atom. The van der Waals surface area contributed by atoms with E-state index in [1.807, 2.05) is 23.1 Å². The van der Waals surface area contributed by atoms with Gasteiger partial charge in [0.2, 0.25) is 5.91 Å². The summed E-state index contributed by atoms with van der Waals surface area (Å²) in [6, 6.07) is 5.84.